The van der Waals surface area contributed by atoms with E-state index in [4.69, 9.17) is 9.47 Å². The number of benzene rings is 2. The van der Waals surface area contributed by atoms with Crippen LogP contribution in [0.3, 0.4) is 0 Å². The molecule has 178 valence electrons. The molecule has 1 saturated heterocycles. The van der Waals surface area contributed by atoms with E-state index < -0.39 is 11.3 Å². The van der Waals surface area contributed by atoms with E-state index in [-0.39, 0.29) is 24.7 Å². The van der Waals surface area contributed by atoms with E-state index in [9.17, 15) is 14.4 Å². The van der Waals surface area contributed by atoms with Gasteiger partial charge in [0.05, 0.1) is 30.7 Å². The van der Waals surface area contributed by atoms with E-state index in [1.54, 1.807) is 43.3 Å². The second-order valence-corrected chi connectivity index (χ2v) is 8.53. The first kappa shape index (κ1) is 23.3. The first-order valence-corrected chi connectivity index (χ1v) is 11.0. The van der Waals surface area contributed by atoms with E-state index in [1.165, 1.54) is 14.2 Å². The Kier molecular flexibility index (Phi) is 6.28. The van der Waals surface area contributed by atoms with Crippen molar-refractivity contribution in [2.45, 2.75) is 24.7 Å². The third-order valence-electron chi connectivity index (χ3n) is 6.46. The van der Waals surface area contributed by atoms with Crippen molar-refractivity contribution in [3.05, 3.63) is 53.9 Å². The number of ether oxygens (including phenoxy) is 2. The summed E-state index contributed by atoms with van der Waals surface area (Å²) >= 11 is 0. The lowest BCUT2D eigenvalue weighted by atomic mass is 9.75. The number of nitrogens with one attached hydrogen (secondary N) is 1. The molecule has 1 aliphatic rings. The number of amides is 3. The molecule has 1 N–H and O–H groups in total. The molecule has 1 aromatic heterocycles. The van der Waals surface area contributed by atoms with Crippen molar-refractivity contribution in [3.8, 4) is 11.5 Å². The molecule has 4 rings (SSSR count). The smallest absolute Gasteiger partial charge is 0.240 e. The summed E-state index contributed by atoms with van der Waals surface area (Å²) in [6.07, 6.45) is 0.303. The molecule has 0 saturated carbocycles. The third-order valence-corrected chi connectivity index (χ3v) is 6.46. The topological polar surface area (TPSA) is 105 Å². The highest BCUT2D eigenvalue weighted by molar-refractivity contribution is 6.10. The lowest BCUT2D eigenvalue weighted by Gasteiger charge is -2.29. The van der Waals surface area contributed by atoms with Gasteiger partial charge in [-0.1, -0.05) is 18.2 Å². The summed E-state index contributed by atoms with van der Waals surface area (Å²) < 4.78 is 10.7. The number of likely N-dealkylation sites (N-methyl/N-ethyl adjacent to an activating group) is 2. The molecule has 0 spiro atoms. The Labute approximate surface area is 197 Å². The molecule has 3 amide bonds. The van der Waals surface area contributed by atoms with Gasteiger partial charge in [-0.3, -0.25) is 19.3 Å². The summed E-state index contributed by atoms with van der Waals surface area (Å²) in [5.41, 5.74) is 0.933. The SMILES string of the molecule is COc1ccc2nc(CCN(C)C(=O)CC3(c4ccccc4OC)CC(=O)N(C)C3=O)[nH]c2c1. The summed E-state index contributed by atoms with van der Waals surface area (Å²) in [5.74, 6) is 1.01. The highest BCUT2D eigenvalue weighted by atomic mass is 16.5. The van der Waals surface area contributed by atoms with Gasteiger partial charge < -0.3 is 19.4 Å². The highest BCUT2D eigenvalue weighted by Gasteiger charge is 2.54. The van der Waals surface area contributed by atoms with Crippen molar-refractivity contribution in [1.82, 2.24) is 19.8 Å². The number of likely N-dealkylation sites (tertiary alicyclic amines) is 1. The molecular formula is C25H28N4O5. The molecule has 9 heteroatoms. The van der Waals surface area contributed by atoms with Crippen LogP contribution in [0.4, 0.5) is 0 Å². The summed E-state index contributed by atoms with van der Waals surface area (Å²) in [4.78, 5) is 49.5. The minimum atomic E-state index is -1.29. The van der Waals surface area contributed by atoms with Crippen LogP contribution in [0.1, 0.15) is 24.2 Å². The second-order valence-electron chi connectivity index (χ2n) is 8.53. The van der Waals surface area contributed by atoms with Gasteiger partial charge in [-0.25, -0.2) is 4.98 Å². The Morgan fingerprint density at radius 2 is 1.94 bits per heavy atom. The van der Waals surface area contributed by atoms with Crippen molar-refractivity contribution in [2.24, 2.45) is 0 Å². The average molecular weight is 465 g/mol. The fraction of sp³-hybridized carbons (Fsp3) is 0.360. The Bertz CT molecular complexity index is 1250. The maximum atomic E-state index is 13.3. The van der Waals surface area contributed by atoms with Crippen LogP contribution < -0.4 is 9.47 Å². The number of H-pyrrole nitrogens is 1. The van der Waals surface area contributed by atoms with Crippen molar-refractivity contribution in [3.63, 3.8) is 0 Å². The van der Waals surface area contributed by atoms with E-state index in [1.807, 2.05) is 18.2 Å². The number of aromatic amines is 1. The van der Waals surface area contributed by atoms with Crippen LogP contribution in [0.2, 0.25) is 0 Å². The molecule has 2 heterocycles. The predicted octanol–water partition coefficient (Wildman–Crippen LogP) is 2.30. The van der Waals surface area contributed by atoms with E-state index in [0.717, 1.165) is 27.5 Å². The number of carbonyl (C=O) groups excluding carboxylic acids is 3. The zero-order valence-electron chi connectivity index (χ0n) is 19.8. The molecule has 3 aromatic rings. The van der Waals surface area contributed by atoms with E-state index in [2.05, 4.69) is 9.97 Å². The largest absolute Gasteiger partial charge is 0.497 e. The van der Waals surface area contributed by atoms with Crippen molar-refractivity contribution >= 4 is 28.8 Å². The summed E-state index contributed by atoms with van der Waals surface area (Å²) in [6.45, 7) is 0.399. The maximum Gasteiger partial charge on any atom is 0.240 e. The number of hydrogen-bond donors (Lipinski definition) is 1. The van der Waals surface area contributed by atoms with Gasteiger partial charge in [-0.2, -0.15) is 0 Å². The third kappa shape index (κ3) is 4.09. The van der Waals surface area contributed by atoms with Crippen LogP contribution in [-0.2, 0) is 26.2 Å². The molecular weight excluding hydrogens is 436 g/mol. The van der Waals surface area contributed by atoms with Crippen LogP contribution in [0, 0.1) is 0 Å². The summed E-state index contributed by atoms with van der Waals surface area (Å²) in [5, 5.41) is 0. The van der Waals surface area contributed by atoms with Gasteiger partial charge in [0.15, 0.2) is 0 Å². The maximum absolute atomic E-state index is 13.3. The molecule has 1 unspecified atom stereocenters. The Morgan fingerprint density at radius 1 is 1.18 bits per heavy atom. The van der Waals surface area contributed by atoms with Gasteiger partial charge in [-0.05, 0) is 18.2 Å². The van der Waals surface area contributed by atoms with Gasteiger partial charge in [0, 0.05) is 51.5 Å². The van der Waals surface area contributed by atoms with Gasteiger partial charge in [0.1, 0.15) is 17.3 Å². The summed E-state index contributed by atoms with van der Waals surface area (Å²) in [7, 11) is 6.26. The average Bonchev–Trinajstić information content (AvgIpc) is 3.36. The zero-order chi connectivity index (χ0) is 24.5. The number of nitrogens with zero attached hydrogens (tertiary/aromatic N) is 3. The van der Waals surface area contributed by atoms with Crippen LogP contribution >= 0.6 is 0 Å². The molecule has 0 bridgehead atoms. The van der Waals surface area contributed by atoms with Crippen LogP contribution in [-0.4, -0.2) is 72.3 Å². The Morgan fingerprint density at radius 3 is 2.62 bits per heavy atom. The van der Waals surface area contributed by atoms with Gasteiger partial charge in [-0.15, -0.1) is 0 Å². The van der Waals surface area contributed by atoms with Crippen LogP contribution in [0.15, 0.2) is 42.5 Å². The van der Waals surface area contributed by atoms with E-state index in [0.29, 0.717) is 24.3 Å². The van der Waals surface area contributed by atoms with Gasteiger partial charge >= 0.3 is 0 Å². The summed E-state index contributed by atoms with van der Waals surface area (Å²) in [6, 6.07) is 12.6. The van der Waals surface area contributed by atoms with Crippen molar-refractivity contribution < 1.29 is 23.9 Å². The minimum Gasteiger partial charge on any atom is -0.497 e. The lowest BCUT2D eigenvalue weighted by molar-refractivity contribution is -0.141. The quantitative estimate of drug-likeness (QED) is 0.513. The molecule has 1 atom stereocenters. The zero-order valence-corrected chi connectivity index (χ0v) is 19.8. The monoisotopic (exact) mass is 464 g/mol. The molecule has 2 aromatic carbocycles. The number of methoxy groups -OCH3 is 2. The molecule has 1 aliphatic heterocycles. The minimum absolute atomic E-state index is 0.0757. The molecule has 0 aliphatic carbocycles. The number of carbonyl (C=O) groups is 3. The van der Waals surface area contributed by atoms with E-state index >= 15 is 0 Å². The van der Waals surface area contributed by atoms with Gasteiger partial charge in [0.2, 0.25) is 17.7 Å². The number of hydrogen-bond acceptors (Lipinski definition) is 6. The number of fused-ring (bicyclic) bond motifs is 1. The highest BCUT2D eigenvalue weighted by Crippen LogP contribution is 2.43. The molecule has 34 heavy (non-hydrogen) atoms. The van der Waals surface area contributed by atoms with Gasteiger partial charge in [0.25, 0.3) is 0 Å². The van der Waals surface area contributed by atoms with Crippen LogP contribution in [0.5, 0.6) is 11.5 Å². The molecule has 1 fully saturated rings. The number of aromatic nitrogens is 2. The number of imide groups is 1. The Balaban J connectivity index is 1.53. The second kappa shape index (κ2) is 9.17. The normalized spacial score (nSPS) is 17.9. The first-order chi connectivity index (χ1) is 16.3. The molecule has 9 nitrogen and oxygen atoms in total. The fourth-order valence-electron chi connectivity index (χ4n) is 4.45. The Hall–Kier alpha value is -3.88. The van der Waals surface area contributed by atoms with Crippen molar-refractivity contribution in [2.75, 3.05) is 34.9 Å². The molecule has 0 radical (unpaired) electrons. The van der Waals surface area contributed by atoms with Crippen LogP contribution in [0.25, 0.3) is 11.0 Å². The number of rotatable bonds is 8. The number of imidazole rings is 1. The number of para-hydroxylation sites is 1. The first-order valence-electron chi connectivity index (χ1n) is 11.0. The van der Waals surface area contributed by atoms with Crippen molar-refractivity contribution in [1.29, 1.82) is 0 Å². The standard InChI is InChI=1S/C25H28N4O5/c1-28(12-11-21-26-18-10-9-16(33-3)13-19(18)27-21)22(30)14-25(15-23(31)29(2)24(25)32)17-7-5-6-8-20(17)34-4/h5-10,13H,11-12,14-15H2,1-4H3,(H,26,27). The lowest BCUT2D eigenvalue weighted by Crippen LogP contribution is -2.42. The fourth-order valence-corrected chi connectivity index (χ4v) is 4.45. The predicted molar refractivity (Wildman–Crippen MR) is 126 cm³/mol.